The Morgan fingerprint density at radius 2 is 2.00 bits per heavy atom. The molecule has 4 nitrogen and oxygen atoms in total. The number of hydrazine groups is 1. The third kappa shape index (κ3) is 3.56. The van der Waals surface area contributed by atoms with E-state index < -0.39 is 11.7 Å². The molecule has 0 spiro atoms. The molecule has 1 aromatic carbocycles. The first-order valence-corrected chi connectivity index (χ1v) is 7.51. The second kappa shape index (κ2) is 5.34. The van der Waals surface area contributed by atoms with Gasteiger partial charge >= 0.3 is 6.09 Å². The second-order valence-corrected chi connectivity index (χ2v) is 7.43. The Labute approximate surface area is 127 Å². The van der Waals surface area contributed by atoms with Gasteiger partial charge in [0.25, 0.3) is 0 Å². The van der Waals surface area contributed by atoms with Gasteiger partial charge in [0.2, 0.25) is 0 Å². The van der Waals surface area contributed by atoms with Crippen LogP contribution in [0.1, 0.15) is 58.6 Å². The van der Waals surface area contributed by atoms with Crippen molar-refractivity contribution in [3.63, 3.8) is 0 Å². The topological polar surface area (TPSA) is 55.6 Å². The van der Waals surface area contributed by atoms with Gasteiger partial charge in [0, 0.05) is 0 Å². The van der Waals surface area contributed by atoms with E-state index in [1.54, 1.807) is 0 Å². The molecule has 116 valence electrons. The molecule has 1 aliphatic carbocycles. The predicted octanol–water partition coefficient (Wildman–Crippen LogP) is 3.92. The quantitative estimate of drug-likeness (QED) is 0.484. The van der Waals surface area contributed by atoms with Gasteiger partial charge in [0.15, 0.2) is 0 Å². The Morgan fingerprint density at radius 1 is 1.33 bits per heavy atom. The normalized spacial score (nSPS) is 17.0. The van der Waals surface area contributed by atoms with Crippen LogP contribution in [-0.4, -0.2) is 11.7 Å². The number of rotatable bonds is 1. The summed E-state index contributed by atoms with van der Waals surface area (Å²) in [6, 6.07) is 6.00. The Bertz CT molecular complexity index is 544. The van der Waals surface area contributed by atoms with Crippen LogP contribution in [0.3, 0.4) is 0 Å². The van der Waals surface area contributed by atoms with Gasteiger partial charge in [0.05, 0.1) is 5.69 Å². The summed E-state index contributed by atoms with van der Waals surface area (Å²) in [5.41, 5.74) is 2.89. The van der Waals surface area contributed by atoms with E-state index in [-0.39, 0.29) is 5.41 Å². The number of hydrogen-bond donors (Lipinski definition) is 1. The van der Waals surface area contributed by atoms with E-state index in [2.05, 4.69) is 19.9 Å². The lowest BCUT2D eigenvalue weighted by atomic mass is 9.73. The maximum absolute atomic E-state index is 12.1. The smallest absolute Gasteiger partial charge is 0.429 e. The maximum Gasteiger partial charge on any atom is 0.429 e. The summed E-state index contributed by atoms with van der Waals surface area (Å²) in [5, 5.41) is 1.09. The molecule has 2 N–H and O–H groups in total. The molecule has 4 heteroatoms. The first-order chi connectivity index (χ1) is 9.60. The summed E-state index contributed by atoms with van der Waals surface area (Å²) in [6.45, 7) is 9.96. The van der Waals surface area contributed by atoms with E-state index in [0.29, 0.717) is 5.69 Å². The molecule has 1 aliphatic rings. The van der Waals surface area contributed by atoms with Crippen LogP contribution in [0.2, 0.25) is 0 Å². The summed E-state index contributed by atoms with van der Waals surface area (Å²) < 4.78 is 5.31. The van der Waals surface area contributed by atoms with E-state index in [0.717, 1.165) is 17.9 Å². The lowest BCUT2D eigenvalue weighted by molar-refractivity contribution is 0.0580. The zero-order chi connectivity index (χ0) is 15.8. The molecular formula is C17H26N2O2. The van der Waals surface area contributed by atoms with Gasteiger partial charge in [-0.2, -0.15) is 0 Å². The highest BCUT2D eigenvalue weighted by Crippen LogP contribution is 2.38. The molecule has 0 bridgehead atoms. The zero-order valence-corrected chi connectivity index (χ0v) is 13.7. The number of ether oxygens (including phenoxy) is 1. The van der Waals surface area contributed by atoms with Crippen LogP contribution in [-0.2, 0) is 16.6 Å². The number of carbonyl (C=O) groups excluding carboxylic acids is 1. The average molecular weight is 290 g/mol. The maximum atomic E-state index is 12.1. The molecule has 0 aliphatic heterocycles. The molecular weight excluding hydrogens is 264 g/mol. The number of nitrogens with two attached hydrogens (primary N) is 1. The molecule has 0 unspecified atom stereocenters. The third-order valence-corrected chi connectivity index (χ3v) is 3.94. The summed E-state index contributed by atoms with van der Waals surface area (Å²) >= 11 is 0. The lowest BCUT2D eigenvalue weighted by Gasteiger charge is -2.33. The molecule has 0 radical (unpaired) electrons. The number of fused-ring (bicyclic) bond motifs is 1. The molecule has 0 heterocycles. The van der Waals surface area contributed by atoms with Crippen LogP contribution in [0.15, 0.2) is 18.2 Å². The van der Waals surface area contributed by atoms with Crippen molar-refractivity contribution in [3.05, 3.63) is 29.3 Å². The molecule has 0 saturated carbocycles. The number of hydrogen-bond acceptors (Lipinski definition) is 3. The van der Waals surface area contributed by atoms with Crippen molar-refractivity contribution in [1.29, 1.82) is 0 Å². The molecule has 0 atom stereocenters. The van der Waals surface area contributed by atoms with E-state index >= 15 is 0 Å². The van der Waals surface area contributed by atoms with Gasteiger partial charge in [-0.1, -0.05) is 19.9 Å². The number of nitrogens with zero attached hydrogens (tertiary/aromatic N) is 1. The van der Waals surface area contributed by atoms with Crippen LogP contribution in [0.5, 0.6) is 0 Å². The third-order valence-electron chi connectivity index (χ3n) is 3.94. The number of benzene rings is 1. The molecule has 21 heavy (non-hydrogen) atoms. The fourth-order valence-corrected chi connectivity index (χ4v) is 2.83. The van der Waals surface area contributed by atoms with Crippen LogP contribution < -0.4 is 10.9 Å². The van der Waals surface area contributed by atoms with Gasteiger partial charge in [0.1, 0.15) is 5.60 Å². The van der Waals surface area contributed by atoms with Crippen molar-refractivity contribution in [2.24, 2.45) is 5.84 Å². The zero-order valence-electron chi connectivity index (χ0n) is 13.7. The van der Waals surface area contributed by atoms with Crippen molar-refractivity contribution in [2.75, 3.05) is 5.01 Å². The van der Waals surface area contributed by atoms with Crippen molar-refractivity contribution in [1.82, 2.24) is 0 Å². The molecule has 0 saturated heterocycles. The summed E-state index contributed by atoms with van der Waals surface area (Å²) in [7, 11) is 0. The standard InChI is InChI=1S/C17H26N2O2/c1-16(2,3)21-15(20)19(18)13-9-8-12-7-6-10-17(4,5)14(12)11-13/h8-9,11H,6-7,10,18H2,1-5H3. The first-order valence-electron chi connectivity index (χ1n) is 7.51. The SMILES string of the molecule is CC(C)(C)OC(=O)N(N)c1ccc2c(c1)C(C)(C)CCC2. The van der Waals surface area contributed by atoms with E-state index in [9.17, 15) is 4.79 Å². The summed E-state index contributed by atoms with van der Waals surface area (Å²) in [6.07, 6.45) is 2.92. The minimum Gasteiger partial charge on any atom is -0.442 e. The van der Waals surface area contributed by atoms with Crippen molar-refractivity contribution in [2.45, 2.75) is 64.9 Å². The number of anilines is 1. The Balaban J connectivity index is 2.27. The fourth-order valence-electron chi connectivity index (χ4n) is 2.83. The number of amides is 1. The van der Waals surface area contributed by atoms with Crippen molar-refractivity contribution < 1.29 is 9.53 Å². The Kier molecular flexibility index (Phi) is 4.02. The van der Waals surface area contributed by atoms with Gasteiger partial charge < -0.3 is 4.74 Å². The summed E-state index contributed by atoms with van der Waals surface area (Å²) in [5.74, 6) is 5.93. The van der Waals surface area contributed by atoms with Gasteiger partial charge in [-0.25, -0.2) is 15.6 Å². The Hall–Kier alpha value is -1.55. The van der Waals surface area contributed by atoms with E-state index in [4.69, 9.17) is 10.6 Å². The largest absolute Gasteiger partial charge is 0.442 e. The predicted molar refractivity (Wildman–Crippen MR) is 85.3 cm³/mol. The van der Waals surface area contributed by atoms with Gasteiger partial charge in [-0.3, -0.25) is 0 Å². The average Bonchev–Trinajstić information content (AvgIpc) is 2.35. The number of carbonyl (C=O) groups is 1. The highest BCUT2D eigenvalue weighted by molar-refractivity contribution is 5.86. The summed E-state index contributed by atoms with van der Waals surface area (Å²) in [4.78, 5) is 12.1. The molecule has 1 aromatic rings. The lowest BCUT2D eigenvalue weighted by Crippen LogP contribution is -2.42. The van der Waals surface area contributed by atoms with Crippen molar-refractivity contribution in [3.8, 4) is 0 Å². The van der Waals surface area contributed by atoms with Crippen LogP contribution in [0.4, 0.5) is 10.5 Å². The van der Waals surface area contributed by atoms with Gasteiger partial charge in [-0.05, 0) is 68.7 Å². The molecule has 0 fully saturated rings. The fraction of sp³-hybridized carbons (Fsp3) is 0.588. The van der Waals surface area contributed by atoms with E-state index in [1.807, 2.05) is 32.9 Å². The van der Waals surface area contributed by atoms with Crippen LogP contribution >= 0.6 is 0 Å². The number of aryl methyl sites for hydroxylation is 1. The molecule has 0 aromatic heterocycles. The van der Waals surface area contributed by atoms with Crippen molar-refractivity contribution >= 4 is 11.8 Å². The minimum absolute atomic E-state index is 0.123. The first kappa shape index (κ1) is 15.8. The van der Waals surface area contributed by atoms with Crippen LogP contribution in [0, 0.1) is 0 Å². The highest BCUT2D eigenvalue weighted by atomic mass is 16.6. The molecule has 1 amide bonds. The van der Waals surface area contributed by atoms with E-state index in [1.165, 1.54) is 17.5 Å². The highest BCUT2D eigenvalue weighted by Gasteiger charge is 2.29. The Morgan fingerprint density at radius 3 is 2.62 bits per heavy atom. The monoisotopic (exact) mass is 290 g/mol. The second-order valence-electron chi connectivity index (χ2n) is 7.43. The van der Waals surface area contributed by atoms with Gasteiger partial charge in [-0.15, -0.1) is 0 Å². The van der Waals surface area contributed by atoms with Crippen LogP contribution in [0.25, 0.3) is 0 Å². The molecule has 2 rings (SSSR count). The minimum atomic E-state index is -0.553.